The highest BCUT2D eigenvalue weighted by atomic mass is 35.5. The van der Waals surface area contributed by atoms with Crippen LogP contribution in [0.25, 0.3) is 0 Å². The molecule has 0 amide bonds. The Bertz CT molecular complexity index is 434. The number of rotatable bonds is 3. The fourth-order valence-electron chi connectivity index (χ4n) is 1.11. The molecule has 0 saturated heterocycles. The topological polar surface area (TPSA) is 35.0 Å². The molecular formula is C11H9ClN2O. The van der Waals surface area contributed by atoms with E-state index in [1.165, 1.54) is 0 Å². The monoisotopic (exact) mass is 220 g/mol. The van der Waals surface area contributed by atoms with Crippen molar-refractivity contribution < 1.29 is 4.74 Å². The van der Waals surface area contributed by atoms with E-state index in [9.17, 15) is 0 Å². The number of hydrogen-bond donors (Lipinski definition) is 0. The first kappa shape index (κ1) is 9.93. The third kappa shape index (κ3) is 2.92. The number of para-hydroxylation sites is 1. The molecule has 0 fully saturated rings. The van der Waals surface area contributed by atoms with Gasteiger partial charge in [-0.2, -0.15) is 0 Å². The molecule has 2 aromatic rings. The lowest BCUT2D eigenvalue weighted by molar-refractivity contribution is 0.296. The maximum Gasteiger partial charge on any atom is 0.167 e. The van der Waals surface area contributed by atoms with E-state index in [1.807, 2.05) is 30.3 Å². The van der Waals surface area contributed by atoms with Crippen LogP contribution in [0.5, 0.6) is 5.75 Å². The number of nitrogens with zero attached hydrogens (tertiary/aromatic N) is 2. The van der Waals surface area contributed by atoms with E-state index in [-0.39, 0.29) is 0 Å². The van der Waals surface area contributed by atoms with Gasteiger partial charge in [-0.25, -0.2) is 9.97 Å². The fourth-order valence-corrected chi connectivity index (χ4v) is 1.26. The predicted octanol–water partition coefficient (Wildman–Crippen LogP) is 2.71. The molecule has 2 rings (SSSR count). The van der Waals surface area contributed by atoms with Crippen molar-refractivity contribution in [2.45, 2.75) is 6.61 Å². The van der Waals surface area contributed by atoms with Gasteiger partial charge in [0.05, 0.1) is 0 Å². The maximum atomic E-state index is 5.72. The fraction of sp³-hybridized carbons (Fsp3) is 0.0909. The van der Waals surface area contributed by atoms with Crippen LogP contribution in [0, 0.1) is 0 Å². The highest BCUT2D eigenvalue weighted by molar-refractivity contribution is 6.29. The van der Waals surface area contributed by atoms with Crippen molar-refractivity contribution in [1.82, 2.24) is 9.97 Å². The molecule has 1 aromatic carbocycles. The van der Waals surface area contributed by atoms with Crippen molar-refractivity contribution in [3.8, 4) is 5.75 Å². The van der Waals surface area contributed by atoms with Gasteiger partial charge in [0.25, 0.3) is 0 Å². The van der Waals surface area contributed by atoms with Crippen LogP contribution in [-0.2, 0) is 6.61 Å². The predicted molar refractivity (Wildman–Crippen MR) is 57.8 cm³/mol. The summed E-state index contributed by atoms with van der Waals surface area (Å²) in [7, 11) is 0. The summed E-state index contributed by atoms with van der Waals surface area (Å²) >= 11 is 5.72. The molecule has 0 atom stereocenters. The van der Waals surface area contributed by atoms with Gasteiger partial charge in [0.15, 0.2) is 5.82 Å². The van der Waals surface area contributed by atoms with Gasteiger partial charge in [-0.1, -0.05) is 29.8 Å². The summed E-state index contributed by atoms with van der Waals surface area (Å²) in [6.07, 6.45) is 1.61. The molecule has 4 heteroatoms. The zero-order valence-corrected chi connectivity index (χ0v) is 8.69. The van der Waals surface area contributed by atoms with Gasteiger partial charge >= 0.3 is 0 Å². The van der Waals surface area contributed by atoms with Crippen LogP contribution in [0.3, 0.4) is 0 Å². The van der Waals surface area contributed by atoms with Crippen LogP contribution >= 0.6 is 11.6 Å². The van der Waals surface area contributed by atoms with Crippen LogP contribution in [-0.4, -0.2) is 9.97 Å². The molecule has 0 radical (unpaired) electrons. The summed E-state index contributed by atoms with van der Waals surface area (Å²) < 4.78 is 5.46. The zero-order valence-electron chi connectivity index (χ0n) is 7.93. The Labute approximate surface area is 92.7 Å². The van der Waals surface area contributed by atoms with Crippen LogP contribution in [0.1, 0.15) is 5.82 Å². The minimum absolute atomic E-state index is 0.324. The van der Waals surface area contributed by atoms with Gasteiger partial charge in [0.1, 0.15) is 17.5 Å². The van der Waals surface area contributed by atoms with E-state index in [1.54, 1.807) is 12.3 Å². The molecule has 0 aliphatic rings. The molecule has 15 heavy (non-hydrogen) atoms. The molecule has 0 bridgehead atoms. The Hall–Kier alpha value is -1.61. The molecule has 0 spiro atoms. The molecule has 0 N–H and O–H groups in total. The summed E-state index contributed by atoms with van der Waals surface area (Å²) in [6, 6.07) is 11.1. The van der Waals surface area contributed by atoms with Crippen molar-refractivity contribution in [2.75, 3.05) is 0 Å². The number of benzene rings is 1. The largest absolute Gasteiger partial charge is 0.486 e. The molecule has 1 aromatic heterocycles. The van der Waals surface area contributed by atoms with Crippen LogP contribution in [0.15, 0.2) is 42.6 Å². The Kier molecular flexibility index (Phi) is 3.15. The van der Waals surface area contributed by atoms with Crippen LogP contribution in [0.2, 0.25) is 5.15 Å². The average Bonchev–Trinajstić information content (AvgIpc) is 2.28. The molecule has 0 aliphatic carbocycles. The minimum atomic E-state index is 0.324. The highest BCUT2D eigenvalue weighted by Crippen LogP contribution is 2.10. The Balaban J connectivity index is 1.99. The lowest BCUT2D eigenvalue weighted by Crippen LogP contribution is -2.00. The van der Waals surface area contributed by atoms with Gasteiger partial charge in [-0.3, -0.25) is 0 Å². The Morgan fingerprint density at radius 3 is 2.67 bits per heavy atom. The van der Waals surface area contributed by atoms with Crippen molar-refractivity contribution in [2.24, 2.45) is 0 Å². The minimum Gasteiger partial charge on any atom is -0.486 e. The van der Waals surface area contributed by atoms with Crippen LogP contribution in [0.4, 0.5) is 0 Å². The molecular weight excluding hydrogens is 212 g/mol. The smallest absolute Gasteiger partial charge is 0.167 e. The number of ether oxygens (including phenoxy) is 1. The molecule has 0 aliphatic heterocycles. The first-order valence-electron chi connectivity index (χ1n) is 4.50. The summed E-state index contributed by atoms with van der Waals surface area (Å²) in [5.74, 6) is 1.37. The van der Waals surface area contributed by atoms with Crippen molar-refractivity contribution in [1.29, 1.82) is 0 Å². The zero-order chi connectivity index (χ0) is 10.5. The molecule has 0 saturated carbocycles. The number of halogens is 1. The van der Waals surface area contributed by atoms with Gasteiger partial charge in [0.2, 0.25) is 0 Å². The highest BCUT2D eigenvalue weighted by Gasteiger charge is 1.98. The SMILES string of the molecule is Clc1ccnc(COc2ccccc2)n1. The van der Waals surface area contributed by atoms with E-state index >= 15 is 0 Å². The second-order valence-electron chi connectivity index (χ2n) is 2.90. The standard InChI is InChI=1S/C11H9ClN2O/c12-10-6-7-13-11(14-10)8-15-9-4-2-1-3-5-9/h1-7H,8H2. The van der Waals surface area contributed by atoms with Gasteiger partial charge in [-0.05, 0) is 18.2 Å². The van der Waals surface area contributed by atoms with Crippen molar-refractivity contribution in [3.05, 3.63) is 53.6 Å². The molecule has 3 nitrogen and oxygen atoms in total. The lowest BCUT2D eigenvalue weighted by atomic mass is 10.3. The summed E-state index contributed by atoms with van der Waals surface area (Å²) in [5, 5.41) is 0.427. The normalized spacial score (nSPS) is 9.93. The average molecular weight is 221 g/mol. The lowest BCUT2D eigenvalue weighted by Gasteiger charge is -2.04. The quantitative estimate of drug-likeness (QED) is 0.746. The summed E-state index contributed by atoms with van der Waals surface area (Å²) in [5.41, 5.74) is 0. The molecule has 0 unspecified atom stereocenters. The van der Waals surface area contributed by atoms with E-state index < -0.39 is 0 Å². The van der Waals surface area contributed by atoms with Gasteiger partial charge in [0, 0.05) is 6.20 Å². The first-order valence-corrected chi connectivity index (χ1v) is 4.88. The Morgan fingerprint density at radius 2 is 1.93 bits per heavy atom. The van der Waals surface area contributed by atoms with Crippen LogP contribution < -0.4 is 4.74 Å². The third-order valence-corrected chi connectivity index (χ3v) is 1.99. The summed E-state index contributed by atoms with van der Waals surface area (Å²) in [4.78, 5) is 8.05. The Morgan fingerprint density at radius 1 is 1.13 bits per heavy atom. The van der Waals surface area contributed by atoms with Gasteiger partial charge < -0.3 is 4.74 Å². The summed E-state index contributed by atoms with van der Waals surface area (Å²) in [6.45, 7) is 0.324. The second kappa shape index (κ2) is 4.75. The van der Waals surface area contributed by atoms with E-state index in [4.69, 9.17) is 16.3 Å². The third-order valence-electron chi connectivity index (χ3n) is 1.78. The molecule has 76 valence electrons. The van der Waals surface area contributed by atoms with E-state index in [2.05, 4.69) is 9.97 Å². The number of hydrogen-bond acceptors (Lipinski definition) is 3. The van der Waals surface area contributed by atoms with Gasteiger partial charge in [-0.15, -0.1) is 0 Å². The first-order chi connectivity index (χ1) is 7.34. The van der Waals surface area contributed by atoms with E-state index in [0.717, 1.165) is 5.75 Å². The maximum absolute atomic E-state index is 5.72. The van der Waals surface area contributed by atoms with E-state index in [0.29, 0.717) is 17.6 Å². The molecule has 1 heterocycles. The van der Waals surface area contributed by atoms with Crippen molar-refractivity contribution >= 4 is 11.6 Å². The van der Waals surface area contributed by atoms with Crippen molar-refractivity contribution in [3.63, 3.8) is 0 Å². The number of aromatic nitrogens is 2. The second-order valence-corrected chi connectivity index (χ2v) is 3.28.